The molecule has 0 radical (unpaired) electrons. The van der Waals surface area contributed by atoms with Gasteiger partial charge in [0.25, 0.3) is 5.91 Å². The monoisotopic (exact) mass is 373 g/mol. The number of nitrogens with one attached hydrogen (secondary N) is 1. The van der Waals surface area contributed by atoms with Crippen LogP contribution in [-0.2, 0) is 11.3 Å². The van der Waals surface area contributed by atoms with E-state index in [1.807, 2.05) is 30.3 Å². The predicted octanol–water partition coefficient (Wildman–Crippen LogP) is 3.63. The van der Waals surface area contributed by atoms with Gasteiger partial charge in [-0.15, -0.1) is 0 Å². The lowest BCUT2D eigenvalue weighted by atomic mass is 10.2. The highest BCUT2D eigenvalue weighted by Gasteiger charge is 2.37. The molecule has 140 valence electrons. The normalized spacial score (nSPS) is 15.2. The largest absolute Gasteiger partial charge is 0.465 e. The SMILES string of the molecule is COC(=O)c1ccc(N[C@@H]2c3ncccc3C(=O)N2Cc2ccccc2)cc1. The van der Waals surface area contributed by atoms with Crippen LogP contribution in [0.1, 0.15) is 38.1 Å². The first kappa shape index (κ1) is 17.7. The van der Waals surface area contributed by atoms with Crippen molar-refractivity contribution in [1.82, 2.24) is 9.88 Å². The van der Waals surface area contributed by atoms with E-state index in [2.05, 4.69) is 10.3 Å². The van der Waals surface area contributed by atoms with Crippen LogP contribution in [0.5, 0.6) is 0 Å². The molecule has 4 rings (SSSR count). The van der Waals surface area contributed by atoms with E-state index in [1.54, 1.807) is 47.5 Å². The van der Waals surface area contributed by atoms with Crippen molar-refractivity contribution >= 4 is 17.6 Å². The molecule has 0 unspecified atom stereocenters. The molecule has 2 aromatic carbocycles. The Kier molecular flexibility index (Phi) is 4.76. The smallest absolute Gasteiger partial charge is 0.337 e. The summed E-state index contributed by atoms with van der Waals surface area (Å²) in [6.45, 7) is 0.466. The highest BCUT2D eigenvalue weighted by atomic mass is 16.5. The Labute approximate surface area is 162 Å². The van der Waals surface area contributed by atoms with Gasteiger partial charge in [0.2, 0.25) is 0 Å². The Hall–Kier alpha value is -3.67. The zero-order valence-corrected chi connectivity index (χ0v) is 15.3. The molecule has 1 N–H and O–H groups in total. The van der Waals surface area contributed by atoms with Gasteiger partial charge in [-0.05, 0) is 42.0 Å². The lowest BCUT2D eigenvalue weighted by Crippen LogP contribution is -2.32. The van der Waals surface area contributed by atoms with Gasteiger partial charge in [-0.1, -0.05) is 30.3 Å². The molecule has 0 aliphatic carbocycles. The van der Waals surface area contributed by atoms with Crippen LogP contribution in [0.2, 0.25) is 0 Å². The second-order valence-electron chi connectivity index (χ2n) is 6.47. The molecule has 1 atom stereocenters. The molecule has 1 aliphatic heterocycles. The number of nitrogens with zero attached hydrogens (tertiary/aromatic N) is 2. The fourth-order valence-electron chi connectivity index (χ4n) is 3.30. The number of fused-ring (bicyclic) bond motifs is 1. The molecule has 0 bridgehead atoms. The average molecular weight is 373 g/mol. The van der Waals surface area contributed by atoms with E-state index >= 15 is 0 Å². The average Bonchev–Trinajstić information content (AvgIpc) is 3.00. The molecule has 0 fully saturated rings. The Morgan fingerprint density at radius 3 is 2.54 bits per heavy atom. The van der Waals surface area contributed by atoms with Crippen LogP contribution < -0.4 is 5.32 Å². The molecule has 0 saturated carbocycles. The minimum absolute atomic E-state index is 0.0596. The molecule has 0 saturated heterocycles. The van der Waals surface area contributed by atoms with Crippen LogP contribution in [0.3, 0.4) is 0 Å². The summed E-state index contributed by atoms with van der Waals surface area (Å²) in [5.41, 5.74) is 3.58. The summed E-state index contributed by atoms with van der Waals surface area (Å²) in [5.74, 6) is -0.448. The van der Waals surface area contributed by atoms with Gasteiger partial charge in [-0.2, -0.15) is 0 Å². The summed E-state index contributed by atoms with van der Waals surface area (Å²) in [6, 6.07) is 20.4. The Balaban J connectivity index is 1.63. The molecule has 2 heterocycles. The molecule has 6 nitrogen and oxygen atoms in total. The Bertz CT molecular complexity index is 1000. The molecule has 3 aromatic rings. The maximum absolute atomic E-state index is 13.0. The van der Waals surface area contributed by atoms with Crippen LogP contribution in [0.25, 0.3) is 0 Å². The van der Waals surface area contributed by atoms with E-state index in [0.29, 0.717) is 23.4 Å². The van der Waals surface area contributed by atoms with Crippen LogP contribution >= 0.6 is 0 Å². The third-order valence-electron chi connectivity index (χ3n) is 4.71. The molecule has 1 aromatic heterocycles. The number of carbonyl (C=O) groups excluding carboxylic acids is 2. The van der Waals surface area contributed by atoms with Crippen molar-refractivity contribution in [3.8, 4) is 0 Å². The second kappa shape index (κ2) is 7.52. The van der Waals surface area contributed by atoms with Gasteiger partial charge in [0.15, 0.2) is 0 Å². The minimum atomic E-state index is -0.395. The van der Waals surface area contributed by atoms with E-state index in [0.717, 1.165) is 11.3 Å². The molecular formula is C22H19N3O3. The summed E-state index contributed by atoms with van der Waals surface area (Å²) in [5, 5.41) is 3.37. The topological polar surface area (TPSA) is 71.5 Å². The summed E-state index contributed by atoms with van der Waals surface area (Å²) in [6.07, 6.45) is 1.29. The predicted molar refractivity (Wildman–Crippen MR) is 105 cm³/mol. The standard InChI is InChI=1S/C22H19N3O3/c1-28-22(27)16-9-11-17(12-10-16)24-20-19-18(8-5-13-23-19)21(26)25(20)14-15-6-3-2-4-7-15/h2-13,20,24H,14H2,1H3/t20-/m0/s1. The molecule has 1 aliphatic rings. The number of ether oxygens (including phenoxy) is 1. The quantitative estimate of drug-likeness (QED) is 0.692. The summed E-state index contributed by atoms with van der Waals surface area (Å²) < 4.78 is 4.73. The molecule has 6 heteroatoms. The van der Waals surface area contributed by atoms with Crippen molar-refractivity contribution in [1.29, 1.82) is 0 Å². The first-order valence-corrected chi connectivity index (χ1v) is 8.92. The first-order valence-electron chi connectivity index (χ1n) is 8.92. The van der Waals surface area contributed by atoms with Crippen molar-refractivity contribution in [2.45, 2.75) is 12.7 Å². The van der Waals surface area contributed by atoms with Gasteiger partial charge in [0, 0.05) is 18.4 Å². The lowest BCUT2D eigenvalue weighted by molar-refractivity contribution is 0.0600. The maximum atomic E-state index is 13.0. The van der Waals surface area contributed by atoms with Crippen molar-refractivity contribution in [3.63, 3.8) is 0 Å². The number of esters is 1. The minimum Gasteiger partial charge on any atom is -0.465 e. The van der Waals surface area contributed by atoms with Crippen LogP contribution in [0, 0.1) is 0 Å². The van der Waals surface area contributed by atoms with E-state index in [-0.39, 0.29) is 11.9 Å². The Morgan fingerprint density at radius 1 is 1.07 bits per heavy atom. The van der Waals surface area contributed by atoms with Crippen LogP contribution in [0.4, 0.5) is 5.69 Å². The van der Waals surface area contributed by atoms with Crippen LogP contribution in [0.15, 0.2) is 72.9 Å². The number of rotatable bonds is 5. The van der Waals surface area contributed by atoms with Gasteiger partial charge in [0.05, 0.1) is 23.9 Å². The fourth-order valence-corrected chi connectivity index (χ4v) is 3.30. The van der Waals surface area contributed by atoms with E-state index in [4.69, 9.17) is 4.74 Å². The van der Waals surface area contributed by atoms with Gasteiger partial charge < -0.3 is 15.0 Å². The molecule has 0 spiro atoms. The number of hydrogen-bond donors (Lipinski definition) is 1. The van der Waals surface area contributed by atoms with Gasteiger partial charge >= 0.3 is 5.97 Å². The van der Waals surface area contributed by atoms with Crippen molar-refractivity contribution < 1.29 is 14.3 Å². The highest BCUT2D eigenvalue weighted by Crippen LogP contribution is 2.34. The second-order valence-corrected chi connectivity index (χ2v) is 6.47. The first-order chi connectivity index (χ1) is 13.7. The number of anilines is 1. The zero-order valence-electron chi connectivity index (χ0n) is 15.3. The van der Waals surface area contributed by atoms with Crippen molar-refractivity contribution in [2.75, 3.05) is 12.4 Å². The van der Waals surface area contributed by atoms with Gasteiger partial charge in [0.1, 0.15) is 6.17 Å². The van der Waals surface area contributed by atoms with E-state index < -0.39 is 6.17 Å². The molecule has 1 amide bonds. The number of amides is 1. The molecule has 28 heavy (non-hydrogen) atoms. The van der Waals surface area contributed by atoms with Gasteiger partial charge in [-0.25, -0.2) is 4.79 Å². The lowest BCUT2D eigenvalue weighted by Gasteiger charge is -2.26. The number of pyridine rings is 1. The van der Waals surface area contributed by atoms with Crippen molar-refractivity contribution in [2.24, 2.45) is 0 Å². The fraction of sp³-hybridized carbons (Fsp3) is 0.136. The Morgan fingerprint density at radius 2 is 1.82 bits per heavy atom. The summed E-state index contributed by atoms with van der Waals surface area (Å²) in [7, 11) is 1.35. The summed E-state index contributed by atoms with van der Waals surface area (Å²) in [4.78, 5) is 30.8. The van der Waals surface area contributed by atoms with E-state index in [9.17, 15) is 9.59 Å². The third kappa shape index (κ3) is 3.32. The maximum Gasteiger partial charge on any atom is 0.337 e. The number of benzene rings is 2. The molecular weight excluding hydrogens is 354 g/mol. The number of hydrogen-bond acceptors (Lipinski definition) is 5. The number of carbonyl (C=O) groups is 2. The number of methoxy groups -OCH3 is 1. The third-order valence-corrected chi connectivity index (χ3v) is 4.71. The zero-order chi connectivity index (χ0) is 19.5. The van der Waals surface area contributed by atoms with Crippen LogP contribution in [-0.4, -0.2) is 28.9 Å². The van der Waals surface area contributed by atoms with E-state index in [1.165, 1.54) is 7.11 Å². The number of aromatic nitrogens is 1. The highest BCUT2D eigenvalue weighted by molar-refractivity contribution is 5.99. The van der Waals surface area contributed by atoms with Crippen molar-refractivity contribution in [3.05, 3.63) is 95.3 Å². The summed E-state index contributed by atoms with van der Waals surface area (Å²) >= 11 is 0. The van der Waals surface area contributed by atoms with Gasteiger partial charge in [-0.3, -0.25) is 9.78 Å².